The molecule has 0 atom stereocenters. The fourth-order valence-electron chi connectivity index (χ4n) is 2.20. The minimum atomic E-state index is -0.0423. The van der Waals surface area contributed by atoms with Crippen molar-refractivity contribution in [3.05, 3.63) is 24.3 Å². The number of hydrogen-bond donors (Lipinski definition) is 3. The molecule has 0 saturated carbocycles. The minimum Gasteiger partial charge on any atom is -0.326 e. The molecule has 1 aliphatic heterocycles. The molecule has 6 nitrogen and oxygen atoms in total. The third-order valence-electron chi connectivity index (χ3n) is 3.33. The quantitative estimate of drug-likeness (QED) is 0.752. The number of benzene rings is 1. The predicted octanol–water partition coefficient (Wildman–Crippen LogP) is 0.879. The molecule has 0 unspecified atom stereocenters. The van der Waals surface area contributed by atoms with E-state index in [1.807, 2.05) is 12.1 Å². The molecule has 1 heterocycles. The minimum absolute atomic E-state index is 0.0316. The normalized spacial score (nSPS) is 15.5. The second-order valence-corrected chi connectivity index (χ2v) is 5.06. The Kier molecular flexibility index (Phi) is 5.71. The van der Waals surface area contributed by atoms with Gasteiger partial charge in [0, 0.05) is 44.0 Å². The molecule has 0 bridgehead atoms. The SMILES string of the molecule is CCC(=O)Nc1cccc(NC(=O)CN2CCNCC2)c1. The smallest absolute Gasteiger partial charge is 0.238 e. The zero-order valence-corrected chi connectivity index (χ0v) is 12.3. The molecule has 0 aliphatic carbocycles. The molecule has 1 fully saturated rings. The van der Waals surface area contributed by atoms with E-state index in [0.29, 0.717) is 24.3 Å². The van der Waals surface area contributed by atoms with E-state index in [4.69, 9.17) is 0 Å². The van der Waals surface area contributed by atoms with E-state index in [1.54, 1.807) is 19.1 Å². The van der Waals surface area contributed by atoms with Crippen molar-refractivity contribution in [2.75, 3.05) is 43.4 Å². The second-order valence-electron chi connectivity index (χ2n) is 5.06. The maximum Gasteiger partial charge on any atom is 0.238 e. The van der Waals surface area contributed by atoms with Crippen LogP contribution in [0.15, 0.2) is 24.3 Å². The number of hydrogen-bond acceptors (Lipinski definition) is 4. The van der Waals surface area contributed by atoms with Gasteiger partial charge in [-0.1, -0.05) is 13.0 Å². The van der Waals surface area contributed by atoms with Gasteiger partial charge in [0.05, 0.1) is 6.54 Å². The molecule has 1 aliphatic rings. The summed E-state index contributed by atoms with van der Waals surface area (Å²) in [6, 6.07) is 7.20. The van der Waals surface area contributed by atoms with Gasteiger partial charge in [-0.25, -0.2) is 0 Å². The highest BCUT2D eigenvalue weighted by atomic mass is 16.2. The van der Waals surface area contributed by atoms with Crippen LogP contribution in [0, 0.1) is 0 Å². The molecule has 114 valence electrons. The molecule has 1 aromatic carbocycles. The number of piperazine rings is 1. The summed E-state index contributed by atoms with van der Waals surface area (Å²) < 4.78 is 0. The van der Waals surface area contributed by atoms with Gasteiger partial charge in [-0.05, 0) is 18.2 Å². The summed E-state index contributed by atoms with van der Waals surface area (Å²) in [7, 11) is 0. The van der Waals surface area contributed by atoms with Gasteiger partial charge in [-0.15, -0.1) is 0 Å². The lowest BCUT2D eigenvalue weighted by Gasteiger charge is -2.26. The van der Waals surface area contributed by atoms with E-state index in [0.717, 1.165) is 26.2 Å². The Morgan fingerprint density at radius 3 is 2.38 bits per heavy atom. The molecule has 0 aromatic heterocycles. The molecule has 0 spiro atoms. The lowest BCUT2D eigenvalue weighted by atomic mass is 10.2. The molecular formula is C15H22N4O2. The van der Waals surface area contributed by atoms with Crippen LogP contribution in [0.3, 0.4) is 0 Å². The van der Waals surface area contributed by atoms with Crippen molar-refractivity contribution in [3.8, 4) is 0 Å². The van der Waals surface area contributed by atoms with Crippen LogP contribution in [0.25, 0.3) is 0 Å². The molecular weight excluding hydrogens is 268 g/mol. The fourth-order valence-corrected chi connectivity index (χ4v) is 2.20. The van der Waals surface area contributed by atoms with E-state index in [-0.39, 0.29) is 11.8 Å². The van der Waals surface area contributed by atoms with Crippen LogP contribution in [-0.4, -0.2) is 49.4 Å². The van der Waals surface area contributed by atoms with Crippen molar-refractivity contribution >= 4 is 23.2 Å². The van der Waals surface area contributed by atoms with Crippen LogP contribution in [0.2, 0.25) is 0 Å². The summed E-state index contributed by atoms with van der Waals surface area (Å²) in [5.41, 5.74) is 1.39. The highest BCUT2D eigenvalue weighted by Gasteiger charge is 2.13. The predicted molar refractivity (Wildman–Crippen MR) is 83.3 cm³/mol. The highest BCUT2D eigenvalue weighted by molar-refractivity contribution is 5.94. The van der Waals surface area contributed by atoms with Crippen molar-refractivity contribution in [1.82, 2.24) is 10.2 Å². The molecule has 2 amide bonds. The second kappa shape index (κ2) is 7.75. The number of carbonyl (C=O) groups is 2. The number of anilines is 2. The van der Waals surface area contributed by atoms with Crippen LogP contribution in [0.4, 0.5) is 11.4 Å². The number of rotatable bonds is 5. The Hall–Kier alpha value is -1.92. The van der Waals surface area contributed by atoms with Crippen molar-refractivity contribution in [2.45, 2.75) is 13.3 Å². The largest absolute Gasteiger partial charge is 0.326 e. The van der Waals surface area contributed by atoms with Crippen LogP contribution >= 0.6 is 0 Å². The standard InChI is InChI=1S/C15H22N4O2/c1-2-14(20)17-12-4-3-5-13(10-12)18-15(21)11-19-8-6-16-7-9-19/h3-5,10,16H,2,6-9,11H2,1H3,(H,17,20)(H,18,21). The summed E-state index contributed by atoms with van der Waals surface area (Å²) in [4.78, 5) is 25.5. The fraction of sp³-hybridized carbons (Fsp3) is 0.467. The third-order valence-corrected chi connectivity index (χ3v) is 3.33. The Bertz CT molecular complexity index is 498. The summed E-state index contributed by atoms with van der Waals surface area (Å²) in [5, 5.41) is 8.90. The van der Waals surface area contributed by atoms with Gasteiger partial charge in [0.1, 0.15) is 0 Å². The Morgan fingerprint density at radius 1 is 1.14 bits per heavy atom. The monoisotopic (exact) mass is 290 g/mol. The van der Waals surface area contributed by atoms with Crippen molar-refractivity contribution < 1.29 is 9.59 Å². The van der Waals surface area contributed by atoms with Gasteiger partial charge in [0.15, 0.2) is 0 Å². The lowest BCUT2D eigenvalue weighted by molar-refractivity contribution is -0.117. The van der Waals surface area contributed by atoms with E-state index < -0.39 is 0 Å². The molecule has 6 heteroatoms. The Balaban J connectivity index is 1.87. The molecule has 0 radical (unpaired) electrons. The maximum atomic E-state index is 12.0. The van der Waals surface area contributed by atoms with Crippen molar-refractivity contribution in [1.29, 1.82) is 0 Å². The van der Waals surface area contributed by atoms with Gasteiger partial charge < -0.3 is 16.0 Å². The maximum absolute atomic E-state index is 12.0. The highest BCUT2D eigenvalue weighted by Crippen LogP contribution is 2.15. The number of amides is 2. The Morgan fingerprint density at radius 2 is 1.76 bits per heavy atom. The van der Waals surface area contributed by atoms with Gasteiger partial charge in [-0.3, -0.25) is 14.5 Å². The average molecular weight is 290 g/mol. The van der Waals surface area contributed by atoms with Crippen LogP contribution in [0.5, 0.6) is 0 Å². The molecule has 1 saturated heterocycles. The van der Waals surface area contributed by atoms with Gasteiger partial charge in [0.25, 0.3) is 0 Å². The van der Waals surface area contributed by atoms with Crippen molar-refractivity contribution in [2.24, 2.45) is 0 Å². The van der Waals surface area contributed by atoms with Crippen LogP contribution in [0.1, 0.15) is 13.3 Å². The molecule has 2 rings (SSSR count). The summed E-state index contributed by atoms with van der Waals surface area (Å²) in [6.07, 6.45) is 0.430. The first-order valence-corrected chi connectivity index (χ1v) is 7.30. The van der Waals surface area contributed by atoms with Crippen LogP contribution < -0.4 is 16.0 Å². The molecule has 1 aromatic rings. The van der Waals surface area contributed by atoms with E-state index in [9.17, 15) is 9.59 Å². The number of nitrogens with zero attached hydrogens (tertiary/aromatic N) is 1. The lowest BCUT2D eigenvalue weighted by Crippen LogP contribution is -2.46. The first-order valence-electron chi connectivity index (χ1n) is 7.30. The average Bonchev–Trinajstić information content (AvgIpc) is 2.48. The first kappa shape index (κ1) is 15.5. The summed E-state index contributed by atoms with van der Waals surface area (Å²) >= 11 is 0. The Labute approximate surface area is 124 Å². The third kappa shape index (κ3) is 5.17. The van der Waals surface area contributed by atoms with E-state index in [1.165, 1.54) is 0 Å². The zero-order valence-electron chi connectivity index (χ0n) is 12.3. The summed E-state index contributed by atoms with van der Waals surface area (Å²) in [6.45, 7) is 5.82. The number of nitrogens with one attached hydrogen (secondary N) is 3. The zero-order chi connectivity index (χ0) is 15.1. The van der Waals surface area contributed by atoms with E-state index in [2.05, 4.69) is 20.9 Å². The van der Waals surface area contributed by atoms with E-state index >= 15 is 0 Å². The summed E-state index contributed by atoms with van der Waals surface area (Å²) in [5.74, 6) is -0.0739. The number of carbonyl (C=O) groups excluding carboxylic acids is 2. The van der Waals surface area contributed by atoms with Gasteiger partial charge >= 0.3 is 0 Å². The van der Waals surface area contributed by atoms with Crippen LogP contribution in [-0.2, 0) is 9.59 Å². The van der Waals surface area contributed by atoms with Gasteiger partial charge in [0.2, 0.25) is 11.8 Å². The first-order chi connectivity index (χ1) is 10.2. The molecule has 21 heavy (non-hydrogen) atoms. The topological polar surface area (TPSA) is 73.5 Å². The van der Waals surface area contributed by atoms with Crippen molar-refractivity contribution in [3.63, 3.8) is 0 Å². The van der Waals surface area contributed by atoms with Gasteiger partial charge in [-0.2, -0.15) is 0 Å². The molecule has 3 N–H and O–H groups in total.